The van der Waals surface area contributed by atoms with E-state index in [-0.39, 0.29) is 0 Å². The molecule has 0 aromatic heterocycles. The van der Waals surface area contributed by atoms with Crippen molar-refractivity contribution >= 4 is 17.4 Å². The lowest BCUT2D eigenvalue weighted by Gasteiger charge is -2.39. The molecule has 1 fully saturated rings. The van der Waals surface area contributed by atoms with Crippen LogP contribution in [0.1, 0.15) is 37.2 Å². The summed E-state index contributed by atoms with van der Waals surface area (Å²) in [4.78, 5) is 6.97. The molecule has 1 saturated heterocycles. The van der Waals surface area contributed by atoms with Gasteiger partial charge in [-0.2, -0.15) is 0 Å². The Morgan fingerprint density at radius 1 is 1.32 bits per heavy atom. The molecule has 2 unspecified atom stereocenters. The van der Waals surface area contributed by atoms with Gasteiger partial charge in [-0.1, -0.05) is 18.2 Å². The lowest BCUT2D eigenvalue weighted by molar-refractivity contribution is 0.192. The van der Waals surface area contributed by atoms with Crippen LogP contribution in [0.2, 0.25) is 0 Å². The van der Waals surface area contributed by atoms with Gasteiger partial charge in [0.1, 0.15) is 0 Å². The highest BCUT2D eigenvalue weighted by molar-refractivity contribution is 7.99. The second-order valence-electron chi connectivity index (χ2n) is 6.78. The summed E-state index contributed by atoms with van der Waals surface area (Å²) in [6, 6.07) is 7.77. The van der Waals surface area contributed by atoms with Crippen LogP contribution in [0, 0.1) is 0 Å². The van der Waals surface area contributed by atoms with Crippen molar-refractivity contribution in [3.05, 3.63) is 36.4 Å². The Kier molecular flexibility index (Phi) is 4.19. The van der Waals surface area contributed by atoms with Crippen LogP contribution in [0.4, 0.5) is 5.69 Å². The lowest BCUT2D eigenvalue weighted by Crippen LogP contribution is -2.46. The maximum absolute atomic E-state index is 3.85. The zero-order valence-electron chi connectivity index (χ0n) is 13.3. The number of hydrogen-bond donors (Lipinski definition) is 0. The van der Waals surface area contributed by atoms with Crippen LogP contribution in [-0.2, 0) is 0 Å². The number of nitrogens with zero attached hydrogens (tertiary/aromatic N) is 2. The normalized spacial score (nSPS) is 27.2. The summed E-state index contributed by atoms with van der Waals surface area (Å²) >= 11 is 2.06. The maximum atomic E-state index is 3.85. The van der Waals surface area contributed by atoms with E-state index in [1.165, 1.54) is 56.1 Å². The molecule has 2 atom stereocenters. The van der Waals surface area contributed by atoms with Gasteiger partial charge in [-0.15, -0.1) is 18.3 Å². The van der Waals surface area contributed by atoms with Gasteiger partial charge < -0.3 is 9.80 Å². The van der Waals surface area contributed by atoms with Gasteiger partial charge in [0.25, 0.3) is 0 Å². The average molecular weight is 314 g/mol. The molecule has 1 aromatic rings. The molecule has 1 aromatic carbocycles. The molecule has 3 aliphatic heterocycles. The van der Waals surface area contributed by atoms with E-state index in [0.29, 0.717) is 0 Å². The first-order chi connectivity index (χ1) is 10.9. The van der Waals surface area contributed by atoms with E-state index in [0.717, 1.165) is 18.4 Å². The van der Waals surface area contributed by atoms with Crippen LogP contribution in [0.3, 0.4) is 0 Å². The highest BCUT2D eigenvalue weighted by Crippen LogP contribution is 2.50. The summed E-state index contributed by atoms with van der Waals surface area (Å²) in [5.41, 5.74) is 3.22. The van der Waals surface area contributed by atoms with Gasteiger partial charge in [0.2, 0.25) is 0 Å². The standard InChI is InChI=1S/C19H26N2S/c1-2-3-4-10-20-12-9-17-16(14-20)15-7-5-8-18-19(15)21(17)11-6-13-22-18/h2,5,7-8,16-17H,1,3-4,6,9-14H2. The van der Waals surface area contributed by atoms with Crippen molar-refractivity contribution in [3.63, 3.8) is 0 Å². The molecule has 0 amide bonds. The SMILES string of the molecule is C=CCCCN1CCC2C(C1)c1cccc3c1N2CCCS3. The first-order valence-electron chi connectivity index (χ1n) is 8.74. The number of rotatable bonds is 4. The van der Waals surface area contributed by atoms with E-state index in [1.807, 2.05) is 0 Å². The maximum Gasteiger partial charge on any atom is 0.0543 e. The summed E-state index contributed by atoms with van der Waals surface area (Å²) in [5, 5.41) is 0. The molecule has 2 nitrogen and oxygen atoms in total. The smallest absolute Gasteiger partial charge is 0.0543 e. The molecule has 118 valence electrons. The summed E-state index contributed by atoms with van der Waals surface area (Å²) in [6.45, 7) is 8.86. The fourth-order valence-electron chi connectivity index (χ4n) is 4.47. The minimum atomic E-state index is 0.728. The molecule has 4 rings (SSSR count). The third-order valence-corrected chi connectivity index (χ3v) is 6.59. The summed E-state index contributed by atoms with van der Waals surface area (Å²) in [5.74, 6) is 2.00. The second-order valence-corrected chi connectivity index (χ2v) is 7.92. The van der Waals surface area contributed by atoms with Gasteiger partial charge >= 0.3 is 0 Å². The Bertz CT molecular complexity index is 556. The zero-order valence-corrected chi connectivity index (χ0v) is 14.2. The van der Waals surface area contributed by atoms with Gasteiger partial charge in [0, 0.05) is 36.5 Å². The van der Waals surface area contributed by atoms with Crippen molar-refractivity contribution in [1.29, 1.82) is 0 Å². The summed E-state index contributed by atoms with van der Waals surface area (Å²) < 4.78 is 0. The number of thioether (sulfide) groups is 1. The molecular formula is C19H26N2S. The molecule has 0 saturated carbocycles. The molecule has 0 bridgehead atoms. The van der Waals surface area contributed by atoms with Crippen molar-refractivity contribution < 1.29 is 0 Å². The average Bonchev–Trinajstić information content (AvgIpc) is 2.71. The molecule has 3 heterocycles. The van der Waals surface area contributed by atoms with E-state index in [9.17, 15) is 0 Å². The zero-order chi connectivity index (χ0) is 14.9. The molecule has 0 spiro atoms. The van der Waals surface area contributed by atoms with Crippen LogP contribution in [0.15, 0.2) is 35.7 Å². The minimum Gasteiger partial charge on any atom is -0.367 e. The molecule has 22 heavy (non-hydrogen) atoms. The number of para-hydroxylation sites is 1. The van der Waals surface area contributed by atoms with Crippen LogP contribution >= 0.6 is 11.8 Å². The Morgan fingerprint density at radius 2 is 2.27 bits per heavy atom. The third kappa shape index (κ3) is 2.48. The van der Waals surface area contributed by atoms with E-state index < -0.39 is 0 Å². The first kappa shape index (κ1) is 14.6. The fourth-order valence-corrected chi connectivity index (χ4v) is 5.51. The van der Waals surface area contributed by atoms with Crippen LogP contribution in [-0.4, -0.2) is 42.9 Å². The van der Waals surface area contributed by atoms with Crippen molar-refractivity contribution in [2.24, 2.45) is 0 Å². The van der Waals surface area contributed by atoms with E-state index in [2.05, 4.69) is 52.4 Å². The molecular weight excluding hydrogens is 288 g/mol. The predicted molar refractivity (Wildman–Crippen MR) is 96.1 cm³/mol. The second kappa shape index (κ2) is 6.29. The highest BCUT2D eigenvalue weighted by atomic mass is 32.2. The number of allylic oxidation sites excluding steroid dienone is 1. The van der Waals surface area contributed by atoms with Gasteiger partial charge in [-0.25, -0.2) is 0 Å². The molecule has 0 N–H and O–H groups in total. The topological polar surface area (TPSA) is 6.48 Å². The van der Waals surface area contributed by atoms with Gasteiger partial charge in [-0.05, 0) is 49.6 Å². The van der Waals surface area contributed by atoms with Crippen LogP contribution in [0.5, 0.6) is 0 Å². The molecule has 3 heteroatoms. The van der Waals surface area contributed by atoms with Crippen molar-refractivity contribution in [2.75, 3.05) is 36.8 Å². The fraction of sp³-hybridized carbons (Fsp3) is 0.579. The quantitative estimate of drug-likeness (QED) is 0.609. The van der Waals surface area contributed by atoms with Gasteiger partial charge in [0.15, 0.2) is 0 Å². The van der Waals surface area contributed by atoms with E-state index >= 15 is 0 Å². The van der Waals surface area contributed by atoms with Crippen molar-refractivity contribution in [2.45, 2.75) is 42.5 Å². The molecule has 3 aliphatic rings. The lowest BCUT2D eigenvalue weighted by atomic mass is 9.89. The van der Waals surface area contributed by atoms with Crippen molar-refractivity contribution in [1.82, 2.24) is 4.90 Å². The minimum absolute atomic E-state index is 0.728. The molecule has 0 aliphatic carbocycles. The number of anilines is 1. The van der Waals surface area contributed by atoms with Crippen LogP contribution in [0.25, 0.3) is 0 Å². The first-order valence-corrected chi connectivity index (χ1v) is 9.72. The summed E-state index contributed by atoms with van der Waals surface area (Å²) in [7, 11) is 0. The monoisotopic (exact) mass is 314 g/mol. The number of hydrogen-bond acceptors (Lipinski definition) is 3. The van der Waals surface area contributed by atoms with E-state index in [4.69, 9.17) is 0 Å². The third-order valence-electron chi connectivity index (χ3n) is 5.46. The highest BCUT2D eigenvalue weighted by Gasteiger charge is 2.42. The number of unbranched alkanes of at least 4 members (excludes halogenated alkanes) is 1. The number of likely N-dealkylation sites (tertiary alicyclic amines) is 1. The van der Waals surface area contributed by atoms with Gasteiger partial charge in [0.05, 0.1) is 5.69 Å². The number of piperidine rings is 1. The van der Waals surface area contributed by atoms with Crippen molar-refractivity contribution in [3.8, 4) is 0 Å². The largest absolute Gasteiger partial charge is 0.367 e. The number of fused-ring (bicyclic) bond motifs is 3. The Labute approximate surface area is 138 Å². The van der Waals surface area contributed by atoms with Gasteiger partial charge in [-0.3, -0.25) is 0 Å². The van der Waals surface area contributed by atoms with E-state index in [1.54, 1.807) is 11.3 Å². The van der Waals surface area contributed by atoms with Crippen LogP contribution < -0.4 is 4.90 Å². The predicted octanol–water partition coefficient (Wildman–Crippen LogP) is 4.13. The summed E-state index contributed by atoms with van der Waals surface area (Å²) in [6.07, 6.45) is 7.11. The Morgan fingerprint density at radius 3 is 3.18 bits per heavy atom. The Hall–Kier alpha value is -0.930. The number of benzene rings is 1. The Balaban J connectivity index is 1.58. The molecule has 0 radical (unpaired) electrons.